The van der Waals surface area contributed by atoms with E-state index in [2.05, 4.69) is 82.0 Å². The lowest BCUT2D eigenvalue weighted by molar-refractivity contribution is 0.648. The predicted octanol–water partition coefficient (Wildman–Crippen LogP) is 3.56. The van der Waals surface area contributed by atoms with Crippen molar-refractivity contribution in [1.82, 2.24) is 10.6 Å². The Hall–Kier alpha value is -1.76. The van der Waals surface area contributed by atoms with Gasteiger partial charge in [0.15, 0.2) is 5.96 Å². The molecule has 0 aromatic heterocycles. The molecule has 0 saturated carbocycles. The second kappa shape index (κ2) is 9.65. The van der Waals surface area contributed by atoms with Gasteiger partial charge in [0.25, 0.3) is 0 Å². The number of aliphatic imine (C=N–C) groups is 1. The molecule has 2 aromatic carbocycles. The number of para-hydroxylation sites is 1. The molecule has 0 aliphatic carbocycles. The van der Waals surface area contributed by atoms with Gasteiger partial charge in [-0.15, -0.1) is 24.0 Å². The standard InChI is InChI=1S/C20H26N4.HI/c1-16-8-10-17(11-9-16)14-22-20(21-2)23-18-12-13-24(15-18)19-6-4-3-5-7-19;/h3-11,18H,12-15H2,1-2H3,(H2,21,22,23);1H. The van der Waals surface area contributed by atoms with Gasteiger partial charge in [-0.1, -0.05) is 48.0 Å². The quantitative estimate of drug-likeness (QED) is 0.425. The smallest absolute Gasteiger partial charge is 0.191 e. The average molecular weight is 450 g/mol. The van der Waals surface area contributed by atoms with E-state index < -0.39 is 0 Å². The van der Waals surface area contributed by atoms with Crippen molar-refractivity contribution in [2.24, 2.45) is 4.99 Å². The number of guanidine groups is 1. The minimum atomic E-state index is 0. The van der Waals surface area contributed by atoms with Gasteiger partial charge in [0.05, 0.1) is 0 Å². The van der Waals surface area contributed by atoms with E-state index in [1.165, 1.54) is 16.8 Å². The lowest BCUT2D eigenvalue weighted by atomic mass is 10.1. The summed E-state index contributed by atoms with van der Waals surface area (Å²) in [6, 6.07) is 19.6. The van der Waals surface area contributed by atoms with Crippen LogP contribution in [0.1, 0.15) is 17.5 Å². The van der Waals surface area contributed by atoms with Gasteiger partial charge in [-0.3, -0.25) is 4.99 Å². The molecule has 1 saturated heterocycles. The van der Waals surface area contributed by atoms with Crippen LogP contribution in [0.3, 0.4) is 0 Å². The van der Waals surface area contributed by atoms with Crippen LogP contribution >= 0.6 is 24.0 Å². The van der Waals surface area contributed by atoms with Crippen LogP contribution in [0.5, 0.6) is 0 Å². The number of nitrogens with one attached hydrogen (secondary N) is 2. The first-order valence-corrected chi connectivity index (χ1v) is 8.57. The fourth-order valence-electron chi connectivity index (χ4n) is 3.03. The Morgan fingerprint density at radius 2 is 1.84 bits per heavy atom. The lowest BCUT2D eigenvalue weighted by Crippen LogP contribution is -2.44. The second-order valence-electron chi connectivity index (χ2n) is 6.32. The molecule has 2 aromatic rings. The Kier molecular flexibility index (Phi) is 7.55. The minimum absolute atomic E-state index is 0. The number of aryl methyl sites for hydroxylation is 1. The van der Waals surface area contributed by atoms with Crippen molar-refractivity contribution in [1.29, 1.82) is 0 Å². The number of rotatable bonds is 4. The van der Waals surface area contributed by atoms with Gasteiger partial charge in [-0.2, -0.15) is 0 Å². The van der Waals surface area contributed by atoms with Gasteiger partial charge in [0.1, 0.15) is 0 Å². The SMILES string of the molecule is CN=C(NCc1ccc(C)cc1)NC1CCN(c2ccccc2)C1.I. The Labute approximate surface area is 167 Å². The monoisotopic (exact) mass is 450 g/mol. The Morgan fingerprint density at radius 3 is 2.52 bits per heavy atom. The molecule has 1 aliphatic rings. The van der Waals surface area contributed by atoms with Crippen LogP contribution in [0.4, 0.5) is 5.69 Å². The highest BCUT2D eigenvalue weighted by atomic mass is 127. The highest BCUT2D eigenvalue weighted by molar-refractivity contribution is 14.0. The van der Waals surface area contributed by atoms with E-state index in [9.17, 15) is 0 Å². The number of nitrogens with zero attached hydrogens (tertiary/aromatic N) is 2. The van der Waals surface area contributed by atoms with Crippen LogP contribution in [-0.2, 0) is 6.54 Å². The summed E-state index contributed by atoms with van der Waals surface area (Å²) in [5.41, 5.74) is 3.85. The van der Waals surface area contributed by atoms with Crippen LogP contribution in [0, 0.1) is 6.92 Å². The van der Waals surface area contributed by atoms with Crippen LogP contribution in [-0.4, -0.2) is 32.1 Å². The Morgan fingerprint density at radius 1 is 1.12 bits per heavy atom. The fourth-order valence-corrected chi connectivity index (χ4v) is 3.03. The molecule has 1 heterocycles. The molecule has 25 heavy (non-hydrogen) atoms. The highest BCUT2D eigenvalue weighted by Crippen LogP contribution is 2.19. The summed E-state index contributed by atoms with van der Waals surface area (Å²) in [7, 11) is 1.83. The third kappa shape index (κ3) is 5.63. The van der Waals surface area contributed by atoms with Gasteiger partial charge in [-0.05, 0) is 31.0 Å². The van der Waals surface area contributed by atoms with Crippen LogP contribution in [0.15, 0.2) is 59.6 Å². The van der Waals surface area contributed by atoms with E-state index in [4.69, 9.17) is 0 Å². The summed E-state index contributed by atoms with van der Waals surface area (Å²) in [5, 5.41) is 6.95. The molecular weight excluding hydrogens is 423 g/mol. The van der Waals surface area contributed by atoms with Crippen molar-refractivity contribution in [3.63, 3.8) is 0 Å². The van der Waals surface area contributed by atoms with Crippen molar-refractivity contribution in [2.75, 3.05) is 25.0 Å². The largest absolute Gasteiger partial charge is 0.369 e. The maximum atomic E-state index is 4.36. The molecule has 134 valence electrons. The second-order valence-corrected chi connectivity index (χ2v) is 6.32. The summed E-state index contributed by atoms with van der Waals surface area (Å²) in [5.74, 6) is 0.871. The molecule has 3 rings (SSSR count). The normalized spacial score (nSPS) is 17.1. The number of halogens is 1. The third-order valence-corrected chi connectivity index (χ3v) is 4.45. The minimum Gasteiger partial charge on any atom is -0.369 e. The molecular formula is C20H27IN4. The molecule has 0 spiro atoms. The first kappa shape index (κ1) is 19.6. The zero-order valence-corrected chi connectivity index (χ0v) is 17.2. The third-order valence-electron chi connectivity index (χ3n) is 4.45. The van der Waals surface area contributed by atoms with Gasteiger partial charge in [0.2, 0.25) is 0 Å². The summed E-state index contributed by atoms with van der Waals surface area (Å²) in [6.07, 6.45) is 1.13. The highest BCUT2D eigenvalue weighted by Gasteiger charge is 2.23. The Bertz CT molecular complexity index is 670. The van der Waals surface area contributed by atoms with Crippen molar-refractivity contribution in [3.8, 4) is 0 Å². The van der Waals surface area contributed by atoms with Crippen molar-refractivity contribution in [3.05, 3.63) is 65.7 Å². The van der Waals surface area contributed by atoms with Crippen LogP contribution in [0.25, 0.3) is 0 Å². The molecule has 4 nitrogen and oxygen atoms in total. The molecule has 5 heteroatoms. The molecule has 0 amide bonds. The summed E-state index contributed by atoms with van der Waals surface area (Å²) in [6.45, 7) is 4.98. The average Bonchev–Trinajstić information content (AvgIpc) is 3.09. The van der Waals surface area contributed by atoms with E-state index in [1.807, 2.05) is 7.05 Å². The number of anilines is 1. The van der Waals surface area contributed by atoms with Crippen molar-refractivity contribution >= 4 is 35.6 Å². The van der Waals surface area contributed by atoms with Gasteiger partial charge in [-0.25, -0.2) is 0 Å². The molecule has 0 bridgehead atoms. The zero-order chi connectivity index (χ0) is 16.8. The number of hydrogen-bond acceptors (Lipinski definition) is 2. The first-order chi connectivity index (χ1) is 11.7. The molecule has 1 unspecified atom stereocenters. The van der Waals surface area contributed by atoms with E-state index in [0.717, 1.165) is 32.0 Å². The molecule has 2 N–H and O–H groups in total. The fraction of sp³-hybridized carbons (Fsp3) is 0.350. The summed E-state index contributed by atoms with van der Waals surface area (Å²) >= 11 is 0. The maximum Gasteiger partial charge on any atom is 0.191 e. The lowest BCUT2D eigenvalue weighted by Gasteiger charge is -2.20. The van der Waals surface area contributed by atoms with Crippen LogP contribution in [0.2, 0.25) is 0 Å². The topological polar surface area (TPSA) is 39.7 Å². The van der Waals surface area contributed by atoms with E-state index in [0.29, 0.717) is 6.04 Å². The summed E-state index contributed by atoms with van der Waals surface area (Å²) in [4.78, 5) is 6.78. The molecule has 0 radical (unpaired) electrons. The molecule has 1 aliphatic heterocycles. The predicted molar refractivity (Wildman–Crippen MR) is 117 cm³/mol. The van der Waals surface area contributed by atoms with Gasteiger partial charge in [0, 0.05) is 38.4 Å². The van der Waals surface area contributed by atoms with E-state index >= 15 is 0 Å². The van der Waals surface area contributed by atoms with E-state index in [1.54, 1.807) is 0 Å². The van der Waals surface area contributed by atoms with Gasteiger partial charge < -0.3 is 15.5 Å². The first-order valence-electron chi connectivity index (χ1n) is 8.57. The van der Waals surface area contributed by atoms with Crippen LogP contribution < -0.4 is 15.5 Å². The number of benzene rings is 2. The van der Waals surface area contributed by atoms with Crippen molar-refractivity contribution < 1.29 is 0 Å². The van der Waals surface area contributed by atoms with E-state index in [-0.39, 0.29) is 24.0 Å². The Balaban J connectivity index is 0.00000225. The summed E-state index contributed by atoms with van der Waals surface area (Å²) < 4.78 is 0. The molecule has 1 atom stereocenters. The van der Waals surface area contributed by atoms with Crippen molar-refractivity contribution in [2.45, 2.75) is 25.9 Å². The maximum absolute atomic E-state index is 4.36. The van der Waals surface area contributed by atoms with Gasteiger partial charge >= 0.3 is 0 Å². The zero-order valence-electron chi connectivity index (χ0n) is 14.9. The number of hydrogen-bond donors (Lipinski definition) is 2. The molecule has 1 fully saturated rings.